The van der Waals surface area contributed by atoms with Gasteiger partial charge in [0.15, 0.2) is 5.78 Å². The van der Waals surface area contributed by atoms with Crippen LogP contribution in [0.5, 0.6) is 11.5 Å². The minimum absolute atomic E-state index is 0.110. The molecule has 7 heteroatoms. The molecular weight excluding hydrogens is 342 g/mol. The minimum Gasteiger partial charge on any atom is -0.494 e. The molecule has 0 bridgehead atoms. The summed E-state index contributed by atoms with van der Waals surface area (Å²) in [5, 5.41) is 0. The van der Waals surface area contributed by atoms with Gasteiger partial charge in [0, 0.05) is 12.1 Å². The van der Waals surface area contributed by atoms with Crippen LogP contribution in [0.1, 0.15) is 24.2 Å². The van der Waals surface area contributed by atoms with E-state index in [1.54, 1.807) is 24.3 Å². The van der Waals surface area contributed by atoms with Gasteiger partial charge < -0.3 is 9.47 Å². The summed E-state index contributed by atoms with van der Waals surface area (Å²) in [6.45, 7) is 4.25. The lowest BCUT2D eigenvalue weighted by atomic mass is 10.2. The van der Waals surface area contributed by atoms with E-state index in [1.165, 1.54) is 31.2 Å². The van der Waals surface area contributed by atoms with Gasteiger partial charge in [-0.25, -0.2) is 13.1 Å². The SMILES string of the molecule is CCOc1ccc(OCCNS(=O)(=O)c2ccc(C(C)=O)cc2)cc1. The van der Waals surface area contributed by atoms with E-state index in [4.69, 9.17) is 9.47 Å². The van der Waals surface area contributed by atoms with Crippen molar-refractivity contribution >= 4 is 15.8 Å². The predicted octanol–water partition coefficient (Wildman–Crippen LogP) is 2.65. The van der Waals surface area contributed by atoms with Crippen molar-refractivity contribution in [1.82, 2.24) is 4.72 Å². The van der Waals surface area contributed by atoms with Crippen LogP contribution < -0.4 is 14.2 Å². The number of carbonyl (C=O) groups is 1. The van der Waals surface area contributed by atoms with E-state index in [0.717, 1.165) is 5.75 Å². The molecule has 0 amide bonds. The van der Waals surface area contributed by atoms with Crippen LogP contribution in [0.3, 0.4) is 0 Å². The van der Waals surface area contributed by atoms with Crippen molar-refractivity contribution in [1.29, 1.82) is 0 Å². The van der Waals surface area contributed by atoms with E-state index in [9.17, 15) is 13.2 Å². The summed E-state index contributed by atoms with van der Waals surface area (Å²) in [6, 6.07) is 12.9. The molecule has 0 saturated carbocycles. The largest absolute Gasteiger partial charge is 0.494 e. The molecular formula is C18H21NO5S. The molecule has 0 radical (unpaired) electrons. The molecule has 2 aromatic carbocycles. The second-order valence-electron chi connectivity index (χ2n) is 5.23. The zero-order valence-electron chi connectivity index (χ0n) is 14.2. The molecule has 0 heterocycles. The number of hydrogen-bond acceptors (Lipinski definition) is 5. The Morgan fingerprint density at radius 2 is 1.52 bits per heavy atom. The highest BCUT2D eigenvalue weighted by atomic mass is 32.2. The van der Waals surface area contributed by atoms with Gasteiger partial charge in [0.25, 0.3) is 0 Å². The normalized spacial score (nSPS) is 11.1. The summed E-state index contributed by atoms with van der Waals surface area (Å²) in [5.41, 5.74) is 0.470. The highest BCUT2D eigenvalue weighted by Gasteiger charge is 2.13. The number of carbonyl (C=O) groups excluding carboxylic acids is 1. The third kappa shape index (κ3) is 5.58. The molecule has 2 rings (SSSR count). The van der Waals surface area contributed by atoms with Crippen molar-refractivity contribution in [2.45, 2.75) is 18.7 Å². The lowest BCUT2D eigenvalue weighted by molar-refractivity contribution is 0.101. The van der Waals surface area contributed by atoms with Crippen LogP contribution in [0, 0.1) is 0 Å². The number of ketones is 1. The van der Waals surface area contributed by atoms with Crippen LogP contribution in [0.25, 0.3) is 0 Å². The van der Waals surface area contributed by atoms with Gasteiger partial charge >= 0.3 is 0 Å². The smallest absolute Gasteiger partial charge is 0.240 e. The van der Waals surface area contributed by atoms with E-state index in [-0.39, 0.29) is 23.8 Å². The second kappa shape index (κ2) is 8.64. The number of benzene rings is 2. The summed E-state index contributed by atoms with van der Waals surface area (Å²) >= 11 is 0. The number of Topliss-reactive ketones (excluding diaryl/α,β-unsaturated/α-hetero) is 1. The Bertz CT molecular complexity index is 798. The van der Waals surface area contributed by atoms with Crippen LogP contribution in [-0.4, -0.2) is 34.0 Å². The van der Waals surface area contributed by atoms with Gasteiger partial charge in [-0.05, 0) is 50.2 Å². The monoisotopic (exact) mass is 363 g/mol. The first-order valence-corrected chi connectivity index (χ1v) is 9.37. The van der Waals surface area contributed by atoms with E-state index < -0.39 is 10.0 Å². The Morgan fingerprint density at radius 1 is 0.960 bits per heavy atom. The summed E-state index contributed by atoms with van der Waals surface area (Å²) in [7, 11) is -3.63. The molecule has 0 fully saturated rings. The Morgan fingerprint density at radius 3 is 2.04 bits per heavy atom. The molecule has 134 valence electrons. The van der Waals surface area contributed by atoms with Gasteiger partial charge in [0.05, 0.1) is 11.5 Å². The zero-order valence-corrected chi connectivity index (χ0v) is 15.0. The Labute approximate surface area is 147 Å². The topological polar surface area (TPSA) is 81.7 Å². The molecule has 2 aromatic rings. The van der Waals surface area contributed by atoms with Crippen molar-refractivity contribution < 1.29 is 22.7 Å². The zero-order chi connectivity index (χ0) is 18.3. The van der Waals surface area contributed by atoms with Gasteiger partial charge in [-0.1, -0.05) is 12.1 Å². The van der Waals surface area contributed by atoms with Crippen molar-refractivity contribution in [3.8, 4) is 11.5 Å². The lowest BCUT2D eigenvalue weighted by Gasteiger charge is -2.09. The lowest BCUT2D eigenvalue weighted by Crippen LogP contribution is -2.28. The fourth-order valence-corrected chi connectivity index (χ4v) is 3.11. The van der Waals surface area contributed by atoms with Gasteiger partial charge in [-0.15, -0.1) is 0 Å². The average Bonchev–Trinajstić information content (AvgIpc) is 2.60. The molecule has 0 aliphatic rings. The first kappa shape index (κ1) is 19.0. The average molecular weight is 363 g/mol. The van der Waals surface area contributed by atoms with Crippen LogP contribution in [0.2, 0.25) is 0 Å². The molecule has 0 saturated heterocycles. The van der Waals surface area contributed by atoms with Gasteiger partial charge in [-0.3, -0.25) is 4.79 Å². The van der Waals surface area contributed by atoms with E-state index in [1.807, 2.05) is 6.92 Å². The molecule has 0 unspecified atom stereocenters. The third-order valence-electron chi connectivity index (χ3n) is 3.37. The number of nitrogens with one attached hydrogen (secondary N) is 1. The number of rotatable bonds is 9. The van der Waals surface area contributed by atoms with Crippen LogP contribution in [0.15, 0.2) is 53.4 Å². The van der Waals surface area contributed by atoms with Crippen LogP contribution >= 0.6 is 0 Å². The van der Waals surface area contributed by atoms with Gasteiger partial charge in [-0.2, -0.15) is 0 Å². The van der Waals surface area contributed by atoms with Gasteiger partial charge in [0.1, 0.15) is 18.1 Å². The summed E-state index contributed by atoms with van der Waals surface area (Å²) in [4.78, 5) is 11.3. The van der Waals surface area contributed by atoms with Crippen molar-refractivity contribution in [3.63, 3.8) is 0 Å². The van der Waals surface area contributed by atoms with E-state index in [0.29, 0.717) is 17.9 Å². The molecule has 0 spiro atoms. The van der Waals surface area contributed by atoms with E-state index >= 15 is 0 Å². The number of ether oxygens (including phenoxy) is 2. The molecule has 0 atom stereocenters. The molecule has 1 N–H and O–H groups in total. The first-order chi connectivity index (χ1) is 11.9. The van der Waals surface area contributed by atoms with Crippen LogP contribution in [-0.2, 0) is 10.0 Å². The minimum atomic E-state index is -3.63. The molecule has 6 nitrogen and oxygen atoms in total. The third-order valence-corrected chi connectivity index (χ3v) is 4.85. The fourth-order valence-electron chi connectivity index (χ4n) is 2.10. The molecule has 0 aliphatic heterocycles. The maximum absolute atomic E-state index is 12.2. The molecule has 0 aromatic heterocycles. The summed E-state index contributed by atoms with van der Waals surface area (Å²) in [5.74, 6) is 1.28. The standard InChI is InChI=1S/C18H21NO5S/c1-3-23-16-6-8-17(9-7-16)24-13-12-19-25(21,22)18-10-4-15(5-11-18)14(2)20/h4-11,19H,3,12-13H2,1-2H3. The first-order valence-electron chi connectivity index (χ1n) is 7.88. The highest BCUT2D eigenvalue weighted by molar-refractivity contribution is 7.89. The predicted molar refractivity (Wildman–Crippen MR) is 94.7 cm³/mol. The van der Waals surface area contributed by atoms with Gasteiger partial charge in [0.2, 0.25) is 10.0 Å². The van der Waals surface area contributed by atoms with E-state index in [2.05, 4.69) is 4.72 Å². The molecule has 25 heavy (non-hydrogen) atoms. The van der Waals surface area contributed by atoms with Crippen molar-refractivity contribution in [2.75, 3.05) is 19.8 Å². The fraction of sp³-hybridized carbons (Fsp3) is 0.278. The number of hydrogen-bond donors (Lipinski definition) is 1. The highest BCUT2D eigenvalue weighted by Crippen LogP contribution is 2.17. The van der Waals surface area contributed by atoms with Crippen molar-refractivity contribution in [3.05, 3.63) is 54.1 Å². The maximum Gasteiger partial charge on any atom is 0.240 e. The summed E-state index contributed by atoms with van der Waals surface area (Å²) < 4.78 is 37.6. The Kier molecular flexibility index (Phi) is 6.55. The van der Waals surface area contributed by atoms with Crippen molar-refractivity contribution in [2.24, 2.45) is 0 Å². The van der Waals surface area contributed by atoms with Crippen LogP contribution in [0.4, 0.5) is 0 Å². The Balaban J connectivity index is 1.84. The second-order valence-corrected chi connectivity index (χ2v) is 7.00. The Hall–Kier alpha value is -2.38. The number of sulfonamides is 1. The maximum atomic E-state index is 12.2. The summed E-state index contributed by atoms with van der Waals surface area (Å²) in [6.07, 6.45) is 0. The molecule has 0 aliphatic carbocycles. The quantitative estimate of drug-likeness (QED) is 0.547.